The number of aromatic nitrogens is 1. The van der Waals surface area contributed by atoms with Crippen molar-refractivity contribution in [1.82, 2.24) is 4.98 Å². The molecule has 0 aliphatic heterocycles. The first kappa shape index (κ1) is 10.3. The Morgan fingerprint density at radius 1 is 1.57 bits per heavy atom. The van der Waals surface area contributed by atoms with E-state index in [2.05, 4.69) is 9.72 Å². The zero-order valence-corrected chi connectivity index (χ0v) is 7.64. The Hall–Kier alpha value is -1.75. The van der Waals surface area contributed by atoms with Gasteiger partial charge in [0.25, 0.3) is 0 Å². The third-order valence-electron chi connectivity index (χ3n) is 1.68. The van der Waals surface area contributed by atoms with E-state index in [1.165, 1.54) is 25.6 Å². The molecule has 0 spiro atoms. The standard InChI is InChI=1S/C9H10N2O3/c1-14-9(13)7(10)8(12)6-3-2-4-11-5-6/h2-5,7H,10H2,1H3. The summed E-state index contributed by atoms with van der Waals surface area (Å²) in [5.74, 6) is -1.25. The van der Waals surface area contributed by atoms with Gasteiger partial charge >= 0.3 is 5.97 Å². The van der Waals surface area contributed by atoms with E-state index < -0.39 is 17.8 Å². The molecule has 0 bridgehead atoms. The maximum absolute atomic E-state index is 11.5. The summed E-state index contributed by atoms with van der Waals surface area (Å²) in [6.45, 7) is 0. The second-order valence-electron chi connectivity index (χ2n) is 2.61. The van der Waals surface area contributed by atoms with Crippen molar-refractivity contribution < 1.29 is 14.3 Å². The lowest BCUT2D eigenvalue weighted by Gasteiger charge is -2.07. The van der Waals surface area contributed by atoms with Crippen molar-refractivity contribution in [3.63, 3.8) is 0 Å². The van der Waals surface area contributed by atoms with Crippen LogP contribution in [0.15, 0.2) is 24.5 Å². The molecule has 0 aliphatic carbocycles. The first-order valence-electron chi connectivity index (χ1n) is 3.94. The van der Waals surface area contributed by atoms with E-state index in [0.29, 0.717) is 5.56 Å². The molecule has 0 radical (unpaired) electrons. The van der Waals surface area contributed by atoms with Gasteiger partial charge < -0.3 is 10.5 Å². The molecule has 0 aromatic carbocycles. The number of hydrogen-bond acceptors (Lipinski definition) is 5. The Morgan fingerprint density at radius 3 is 2.79 bits per heavy atom. The fourth-order valence-electron chi connectivity index (χ4n) is 0.922. The average molecular weight is 194 g/mol. The van der Waals surface area contributed by atoms with Crippen molar-refractivity contribution in [2.75, 3.05) is 7.11 Å². The predicted molar refractivity (Wildman–Crippen MR) is 48.6 cm³/mol. The minimum absolute atomic E-state index is 0.297. The summed E-state index contributed by atoms with van der Waals surface area (Å²) < 4.78 is 4.35. The molecule has 0 amide bonds. The highest BCUT2D eigenvalue weighted by Gasteiger charge is 2.23. The number of esters is 1. The average Bonchev–Trinajstić information content (AvgIpc) is 2.27. The van der Waals surface area contributed by atoms with Crippen LogP contribution in [0.4, 0.5) is 0 Å². The second-order valence-corrected chi connectivity index (χ2v) is 2.61. The fourth-order valence-corrected chi connectivity index (χ4v) is 0.922. The van der Waals surface area contributed by atoms with Gasteiger partial charge in [-0.05, 0) is 12.1 Å². The van der Waals surface area contributed by atoms with Gasteiger partial charge in [0, 0.05) is 18.0 Å². The van der Waals surface area contributed by atoms with Gasteiger partial charge in [0.1, 0.15) is 0 Å². The minimum Gasteiger partial charge on any atom is -0.468 e. The zero-order chi connectivity index (χ0) is 10.6. The number of pyridine rings is 1. The lowest BCUT2D eigenvalue weighted by molar-refractivity contribution is -0.140. The Labute approximate surface area is 80.9 Å². The molecule has 1 rings (SSSR count). The van der Waals surface area contributed by atoms with Crippen molar-refractivity contribution in [2.24, 2.45) is 5.73 Å². The van der Waals surface area contributed by atoms with Crippen molar-refractivity contribution in [1.29, 1.82) is 0 Å². The molecule has 1 atom stereocenters. The molecule has 0 fully saturated rings. The van der Waals surface area contributed by atoms with Crippen molar-refractivity contribution in [3.05, 3.63) is 30.1 Å². The van der Waals surface area contributed by atoms with Gasteiger partial charge in [0.05, 0.1) is 7.11 Å². The topological polar surface area (TPSA) is 82.3 Å². The number of ether oxygens (including phenoxy) is 1. The minimum atomic E-state index is -1.27. The van der Waals surface area contributed by atoms with Crippen LogP contribution in [-0.2, 0) is 9.53 Å². The van der Waals surface area contributed by atoms with Gasteiger partial charge in [-0.15, -0.1) is 0 Å². The number of rotatable bonds is 3. The van der Waals surface area contributed by atoms with E-state index in [1.54, 1.807) is 6.07 Å². The number of carbonyl (C=O) groups is 2. The highest BCUT2D eigenvalue weighted by atomic mass is 16.5. The molecule has 5 heteroatoms. The predicted octanol–water partition coefficient (Wildman–Crippen LogP) is -0.235. The maximum Gasteiger partial charge on any atom is 0.330 e. The van der Waals surface area contributed by atoms with Crippen LogP contribution >= 0.6 is 0 Å². The highest BCUT2D eigenvalue weighted by Crippen LogP contribution is 2.01. The zero-order valence-electron chi connectivity index (χ0n) is 7.64. The SMILES string of the molecule is COC(=O)C(N)C(=O)c1cccnc1. The van der Waals surface area contributed by atoms with Crippen LogP contribution in [0.3, 0.4) is 0 Å². The van der Waals surface area contributed by atoms with E-state index in [-0.39, 0.29) is 0 Å². The summed E-state index contributed by atoms with van der Waals surface area (Å²) in [4.78, 5) is 26.2. The largest absolute Gasteiger partial charge is 0.468 e. The molecular formula is C9H10N2O3. The van der Waals surface area contributed by atoms with E-state index >= 15 is 0 Å². The summed E-state index contributed by atoms with van der Waals surface area (Å²) >= 11 is 0. The summed E-state index contributed by atoms with van der Waals surface area (Å²) in [6.07, 6.45) is 2.88. The molecule has 0 aliphatic rings. The monoisotopic (exact) mass is 194 g/mol. The van der Waals surface area contributed by atoms with Crippen LogP contribution in [0, 0.1) is 0 Å². The van der Waals surface area contributed by atoms with Gasteiger partial charge in [0.15, 0.2) is 11.8 Å². The molecular weight excluding hydrogens is 184 g/mol. The van der Waals surface area contributed by atoms with Crippen LogP contribution in [0.5, 0.6) is 0 Å². The first-order valence-corrected chi connectivity index (χ1v) is 3.94. The molecule has 5 nitrogen and oxygen atoms in total. The molecule has 1 heterocycles. The quantitative estimate of drug-likeness (QED) is 0.408. The van der Waals surface area contributed by atoms with Gasteiger partial charge in [0.2, 0.25) is 0 Å². The number of hydrogen-bond donors (Lipinski definition) is 1. The summed E-state index contributed by atoms with van der Waals surface area (Å²) in [7, 11) is 1.18. The highest BCUT2D eigenvalue weighted by molar-refractivity contribution is 6.11. The third kappa shape index (κ3) is 2.14. The molecule has 1 unspecified atom stereocenters. The van der Waals surface area contributed by atoms with Gasteiger partial charge in [-0.1, -0.05) is 0 Å². The Kier molecular flexibility index (Phi) is 3.30. The van der Waals surface area contributed by atoms with Crippen LogP contribution in [0.25, 0.3) is 0 Å². The molecule has 0 saturated heterocycles. The molecule has 0 saturated carbocycles. The van der Waals surface area contributed by atoms with Crippen molar-refractivity contribution >= 4 is 11.8 Å². The maximum atomic E-state index is 11.5. The third-order valence-corrected chi connectivity index (χ3v) is 1.68. The van der Waals surface area contributed by atoms with E-state index in [0.717, 1.165) is 0 Å². The molecule has 74 valence electrons. The normalized spacial score (nSPS) is 11.9. The van der Waals surface area contributed by atoms with Gasteiger partial charge in [-0.25, -0.2) is 4.79 Å². The lowest BCUT2D eigenvalue weighted by Crippen LogP contribution is -2.39. The number of Topliss-reactive ketones (excluding diaryl/α,β-unsaturated/α-hetero) is 1. The lowest BCUT2D eigenvalue weighted by atomic mass is 10.1. The van der Waals surface area contributed by atoms with Crippen molar-refractivity contribution in [3.8, 4) is 0 Å². The molecule has 1 aromatic rings. The number of carbonyl (C=O) groups excluding carboxylic acids is 2. The van der Waals surface area contributed by atoms with E-state index in [4.69, 9.17) is 5.73 Å². The van der Waals surface area contributed by atoms with Crippen LogP contribution < -0.4 is 5.73 Å². The summed E-state index contributed by atoms with van der Waals surface area (Å²) in [5, 5.41) is 0. The van der Waals surface area contributed by atoms with Crippen molar-refractivity contribution in [2.45, 2.75) is 6.04 Å². The van der Waals surface area contributed by atoms with Crippen LogP contribution in [0.1, 0.15) is 10.4 Å². The second kappa shape index (κ2) is 4.48. The Morgan fingerprint density at radius 2 is 2.29 bits per heavy atom. The Bertz CT molecular complexity index is 337. The molecule has 1 aromatic heterocycles. The number of methoxy groups -OCH3 is 1. The smallest absolute Gasteiger partial charge is 0.330 e. The molecule has 2 N–H and O–H groups in total. The first-order chi connectivity index (χ1) is 6.66. The summed E-state index contributed by atoms with van der Waals surface area (Å²) in [6, 6.07) is 1.86. The van der Waals surface area contributed by atoms with Gasteiger partial charge in [-0.2, -0.15) is 0 Å². The Balaban J connectivity index is 2.81. The summed E-state index contributed by atoms with van der Waals surface area (Å²) in [5.41, 5.74) is 5.65. The van der Waals surface area contributed by atoms with E-state index in [1.807, 2.05) is 0 Å². The number of nitrogens with two attached hydrogens (primary N) is 1. The van der Waals surface area contributed by atoms with Crippen LogP contribution in [0.2, 0.25) is 0 Å². The fraction of sp³-hybridized carbons (Fsp3) is 0.222. The molecule has 14 heavy (non-hydrogen) atoms. The van der Waals surface area contributed by atoms with E-state index in [9.17, 15) is 9.59 Å². The van der Waals surface area contributed by atoms with Crippen LogP contribution in [-0.4, -0.2) is 29.9 Å². The van der Waals surface area contributed by atoms with Gasteiger partial charge in [-0.3, -0.25) is 9.78 Å². The number of nitrogens with zero attached hydrogens (tertiary/aromatic N) is 1. The number of ketones is 1.